The minimum Gasteiger partial charge on any atom is -0.349 e. The second-order valence-corrected chi connectivity index (χ2v) is 5.59. The van der Waals surface area contributed by atoms with Crippen LogP contribution in [-0.4, -0.2) is 11.9 Å². The molecule has 0 heterocycles. The summed E-state index contributed by atoms with van der Waals surface area (Å²) in [6.45, 7) is 0. The second-order valence-electron chi connectivity index (χ2n) is 4.43. The van der Waals surface area contributed by atoms with E-state index in [1.165, 1.54) is 5.39 Å². The van der Waals surface area contributed by atoms with Crippen molar-refractivity contribution in [1.29, 1.82) is 0 Å². The first-order chi connectivity index (χ1) is 8.24. The molecule has 1 aliphatic rings. The quantitative estimate of drug-likeness (QED) is 0.837. The van der Waals surface area contributed by atoms with Gasteiger partial charge >= 0.3 is 0 Å². The van der Waals surface area contributed by atoms with Crippen LogP contribution in [0, 0.1) is 3.57 Å². The summed E-state index contributed by atoms with van der Waals surface area (Å²) in [6, 6.07) is 12.6. The number of carbonyl (C=O) groups is 1. The Hall–Kier alpha value is -1.10. The molecular formula is C14H12INO. The van der Waals surface area contributed by atoms with Gasteiger partial charge in [-0.1, -0.05) is 24.3 Å². The molecule has 0 aliphatic heterocycles. The highest BCUT2D eigenvalue weighted by molar-refractivity contribution is 14.1. The smallest absolute Gasteiger partial charge is 0.252 e. The third-order valence-electron chi connectivity index (χ3n) is 2.99. The highest BCUT2D eigenvalue weighted by atomic mass is 127. The van der Waals surface area contributed by atoms with Gasteiger partial charge in [0.2, 0.25) is 0 Å². The Balaban J connectivity index is 2.02. The van der Waals surface area contributed by atoms with E-state index in [0.717, 1.165) is 27.4 Å². The van der Waals surface area contributed by atoms with Crippen molar-refractivity contribution in [2.45, 2.75) is 18.9 Å². The Morgan fingerprint density at radius 1 is 1.18 bits per heavy atom. The number of amides is 1. The van der Waals surface area contributed by atoms with Gasteiger partial charge in [-0.15, -0.1) is 0 Å². The van der Waals surface area contributed by atoms with Crippen molar-refractivity contribution in [3.63, 3.8) is 0 Å². The van der Waals surface area contributed by atoms with E-state index in [1.807, 2.05) is 24.3 Å². The lowest BCUT2D eigenvalue weighted by molar-refractivity contribution is 0.0950. The van der Waals surface area contributed by atoms with Gasteiger partial charge in [-0.2, -0.15) is 0 Å². The van der Waals surface area contributed by atoms with E-state index in [2.05, 4.69) is 40.0 Å². The Bertz CT molecular complexity index is 590. The fraction of sp³-hybridized carbons (Fsp3) is 0.214. The molecule has 1 aliphatic carbocycles. The first-order valence-electron chi connectivity index (χ1n) is 5.73. The molecule has 2 nitrogen and oxygen atoms in total. The van der Waals surface area contributed by atoms with Crippen LogP contribution < -0.4 is 5.32 Å². The van der Waals surface area contributed by atoms with Crippen LogP contribution in [0.5, 0.6) is 0 Å². The van der Waals surface area contributed by atoms with Crippen molar-refractivity contribution in [2.75, 3.05) is 0 Å². The highest BCUT2D eigenvalue weighted by Crippen LogP contribution is 2.24. The molecule has 1 N–H and O–H groups in total. The molecule has 0 bridgehead atoms. The molecule has 1 amide bonds. The van der Waals surface area contributed by atoms with Crippen LogP contribution in [0.4, 0.5) is 0 Å². The zero-order valence-electron chi connectivity index (χ0n) is 9.24. The molecule has 1 fully saturated rings. The van der Waals surface area contributed by atoms with Crippen LogP contribution in [0.15, 0.2) is 36.4 Å². The molecule has 2 aromatic carbocycles. The summed E-state index contributed by atoms with van der Waals surface area (Å²) in [7, 11) is 0. The summed E-state index contributed by atoms with van der Waals surface area (Å²) >= 11 is 2.23. The van der Waals surface area contributed by atoms with Gasteiger partial charge in [-0.25, -0.2) is 0 Å². The predicted octanol–water partition coefficient (Wildman–Crippen LogP) is 3.34. The van der Waals surface area contributed by atoms with Crippen LogP contribution in [0.1, 0.15) is 23.2 Å². The SMILES string of the molecule is O=C(NC1CC1)c1cc2ccccc2cc1I. The first-order valence-corrected chi connectivity index (χ1v) is 6.81. The van der Waals surface area contributed by atoms with Gasteiger partial charge in [-0.3, -0.25) is 4.79 Å². The molecule has 2 aromatic rings. The van der Waals surface area contributed by atoms with Crippen LogP contribution in [0.2, 0.25) is 0 Å². The third kappa shape index (κ3) is 2.29. The van der Waals surface area contributed by atoms with Crippen molar-refractivity contribution in [3.05, 3.63) is 45.5 Å². The molecule has 0 atom stereocenters. The van der Waals surface area contributed by atoms with Crippen molar-refractivity contribution in [2.24, 2.45) is 0 Å². The van der Waals surface area contributed by atoms with Crippen LogP contribution in [0.3, 0.4) is 0 Å². The van der Waals surface area contributed by atoms with Gasteiger partial charge < -0.3 is 5.32 Å². The van der Waals surface area contributed by atoms with E-state index >= 15 is 0 Å². The molecule has 86 valence electrons. The molecule has 0 saturated heterocycles. The fourth-order valence-corrected chi connectivity index (χ4v) is 2.61. The number of rotatable bonds is 2. The van der Waals surface area contributed by atoms with E-state index in [-0.39, 0.29) is 5.91 Å². The van der Waals surface area contributed by atoms with Crippen molar-refractivity contribution in [3.8, 4) is 0 Å². The van der Waals surface area contributed by atoms with Gasteiger partial charge in [0.1, 0.15) is 0 Å². The maximum absolute atomic E-state index is 12.0. The zero-order chi connectivity index (χ0) is 11.8. The summed E-state index contributed by atoms with van der Waals surface area (Å²) in [6.07, 6.45) is 2.24. The molecule has 0 unspecified atom stereocenters. The van der Waals surface area contributed by atoms with Gasteiger partial charge in [0.25, 0.3) is 5.91 Å². The summed E-state index contributed by atoms with van der Waals surface area (Å²) in [5.41, 5.74) is 0.788. The standard InChI is InChI=1S/C14H12INO/c15-13-8-10-4-2-1-3-9(10)7-12(13)14(17)16-11-5-6-11/h1-4,7-8,11H,5-6H2,(H,16,17). The largest absolute Gasteiger partial charge is 0.349 e. The van der Waals surface area contributed by atoms with E-state index in [1.54, 1.807) is 0 Å². The molecule has 1 saturated carbocycles. The molecular weight excluding hydrogens is 325 g/mol. The van der Waals surface area contributed by atoms with Crippen LogP contribution in [0.25, 0.3) is 10.8 Å². The van der Waals surface area contributed by atoms with Crippen LogP contribution in [-0.2, 0) is 0 Å². The molecule has 3 heteroatoms. The minimum atomic E-state index is 0.0580. The van der Waals surface area contributed by atoms with Gasteiger partial charge in [0.15, 0.2) is 0 Å². The number of benzene rings is 2. The highest BCUT2D eigenvalue weighted by Gasteiger charge is 2.24. The maximum Gasteiger partial charge on any atom is 0.252 e. The lowest BCUT2D eigenvalue weighted by Gasteiger charge is -2.07. The molecule has 17 heavy (non-hydrogen) atoms. The number of halogens is 1. The topological polar surface area (TPSA) is 29.1 Å². The van der Waals surface area contributed by atoms with E-state index in [4.69, 9.17) is 0 Å². The van der Waals surface area contributed by atoms with Gasteiger partial charge in [-0.05, 0) is 58.3 Å². The Morgan fingerprint density at radius 3 is 2.47 bits per heavy atom. The monoisotopic (exact) mass is 337 g/mol. The molecule has 0 spiro atoms. The number of fused-ring (bicyclic) bond motifs is 1. The summed E-state index contributed by atoms with van der Waals surface area (Å²) < 4.78 is 1.01. The summed E-state index contributed by atoms with van der Waals surface area (Å²) in [5, 5.41) is 5.33. The maximum atomic E-state index is 12.0. The number of hydrogen-bond donors (Lipinski definition) is 1. The second kappa shape index (κ2) is 4.29. The normalized spacial score (nSPS) is 14.9. The summed E-state index contributed by atoms with van der Waals surface area (Å²) in [4.78, 5) is 12.0. The van der Waals surface area contributed by atoms with E-state index in [0.29, 0.717) is 6.04 Å². The lowest BCUT2D eigenvalue weighted by Crippen LogP contribution is -2.26. The van der Waals surface area contributed by atoms with E-state index < -0.39 is 0 Å². The van der Waals surface area contributed by atoms with E-state index in [9.17, 15) is 4.79 Å². The molecule has 3 rings (SSSR count). The average Bonchev–Trinajstić information content (AvgIpc) is 3.12. The minimum absolute atomic E-state index is 0.0580. The fourth-order valence-electron chi connectivity index (χ4n) is 1.88. The third-order valence-corrected chi connectivity index (χ3v) is 3.89. The first kappa shape index (κ1) is 11.0. The Labute approximate surface area is 114 Å². The molecule has 0 aromatic heterocycles. The summed E-state index contributed by atoms with van der Waals surface area (Å²) in [5.74, 6) is 0.0580. The number of hydrogen-bond acceptors (Lipinski definition) is 1. The Morgan fingerprint density at radius 2 is 1.82 bits per heavy atom. The Kier molecular flexibility index (Phi) is 2.78. The number of nitrogens with one attached hydrogen (secondary N) is 1. The molecule has 0 radical (unpaired) electrons. The van der Waals surface area contributed by atoms with Crippen LogP contribution >= 0.6 is 22.6 Å². The van der Waals surface area contributed by atoms with Crippen molar-refractivity contribution in [1.82, 2.24) is 5.32 Å². The number of carbonyl (C=O) groups excluding carboxylic acids is 1. The van der Waals surface area contributed by atoms with Crippen molar-refractivity contribution < 1.29 is 4.79 Å². The van der Waals surface area contributed by atoms with Crippen molar-refractivity contribution >= 4 is 39.3 Å². The van der Waals surface area contributed by atoms with Gasteiger partial charge in [0, 0.05) is 9.61 Å². The van der Waals surface area contributed by atoms with Gasteiger partial charge in [0.05, 0.1) is 5.56 Å². The lowest BCUT2D eigenvalue weighted by atomic mass is 10.1. The predicted molar refractivity (Wildman–Crippen MR) is 77.2 cm³/mol. The average molecular weight is 337 g/mol. The zero-order valence-corrected chi connectivity index (χ0v) is 11.4.